The van der Waals surface area contributed by atoms with E-state index in [1.807, 2.05) is 51.1 Å². The van der Waals surface area contributed by atoms with Gasteiger partial charge in [-0.05, 0) is 45.2 Å². The Balaban J connectivity index is 2.48. The van der Waals surface area contributed by atoms with Crippen LogP contribution in [0.15, 0.2) is 30.3 Å². The number of hydrogen-bond donors (Lipinski definition) is 1. The zero-order valence-corrected chi connectivity index (χ0v) is 11.5. The summed E-state index contributed by atoms with van der Waals surface area (Å²) < 4.78 is 5.29. The van der Waals surface area contributed by atoms with Crippen LogP contribution in [0, 0.1) is 0 Å². The van der Waals surface area contributed by atoms with Crippen molar-refractivity contribution in [2.45, 2.75) is 45.1 Å². The highest BCUT2D eigenvalue weighted by molar-refractivity contribution is 5.69. The Labute approximate surface area is 109 Å². The lowest BCUT2D eigenvalue weighted by atomic mass is 9.94. The Morgan fingerprint density at radius 3 is 2.39 bits per heavy atom. The third-order valence-corrected chi connectivity index (χ3v) is 2.67. The number of hydrogen-bond acceptors (Lipinski definition) is 3. The largest absolute Gasteiger partial charge is 0.460 e. The first-order chi connectivity index (χ1) is 8.42. The molecule has 0 aliphatic carbocycles. The van der Waals surface area contributed by atoms with Gasteiger partial charge in [0.1, 0.15) is 5.60 Å². The minimum Gasteiger partial charge on any atom is -0.460 e. The summed E-state index contributed by atoms with van der Waals surface area (Å²) >= 11 is 0. The standard InChI is InChI=1S/C15H23NO2/c1-15(2,3)18-14(17)10-9-13(11-16)12-7-5-4-6-8-12/h4-8,13H,9-11,16H2,1-3H3. The van der Waals surface area contributed by atoms with Crippen LogP contribution in [-0.2, 0) is 9.53 Å². The monoisotopic (exact) mass is 249 g/mol. The fourth-order valence-electron chi connectivity index (χ4n) is 1.83. The molecule has 0 aromatic heterocycles. The van der Waals surface area contributed by atoms with E-state index < -0.39 is 5.60 Å². The Hall–Kier alpha value is -1.35. The Kier molecular flexibility index (Phi) is 5.35. The van der Waals surface area contributed by atoms with Crippen molar-refractivity contribution < 1.29 is 9.53 Å². The van der Waals surface area contributed by atoms with Crippen molar-refractivity contribution in [1.82, 2.24) is 0 Å². The summed E-state index contributed by atoms with van der Waals surface area (Å²) in [4.78, 5) is 11.6. The number of ether oxygens (including phenoxy) is 1. The molecule has 2 N–H and O–H groups in total. The zero-order chi connectivity index (χ0) is 13.6. The van der Waals surface area contributed by atoms with Gasteiger partial charge in [0.2, 0.25) is 0 Å². The van der Waals surface area contributed by atoms with Crippen LogP contribution in [0.4, 0.5) is 0 Å². The predicted molar refractivity (Wildman–Crippen MR) is 73.3 cm³/mol. The Morgan fingerprint density at radius 1 is 1.28 bits per heavy atom. The van der Waals surface area contributed by atoms with Crippen LogP contribution in [0.25, 0.3) is 0 Å². The summed E-state index contributed by atoms with van der Waals surface area (Å²) in [6.07, 6.45) is 1.14. The Bertz CT molecular complexity index is 368. The van der Waals surface area contributed by atoms with E-state index in [0.29, 0.717) is 13.0 Å². The van der Waals surface area contributed by atoms with Crippen molar-refractivity contribution in [2.75, 3.05) is 6.54 Å². The molecule has 3 heteroatoms. The average molecular weight is 249 g/mol. The van der Waals surface area contributed by atoms with Crippen molar-refractivity contribution in [1.29, 1.82) is 0 Å². The quantitative estimate of drug-likeness (QED) is 0.816. The van der Waals surface area contributed by atoms with Crippen LogP contribution in [0.3, 0.4) is 0 Å². The molecule has 3 nitrogen and oxygen atoms in total. The minimum absolute atomic E-state index is 0.156. The highest BCUT2D eigenvalue weighted by Gasteiger charge is 2.18. The number of nitrogens with two attached hydrogens (primary N) is 1. The molecule has 0 heterocycles. The molecule has 100 valence electrons. The summed E-state index contributed by atoms with van der Waals surface area (Å²) in [7, 11) is 0. The maximum Gasteiger partial charge on any atom is 0.306 e. The van der Waals surface area contributed by atoms with Gasteiger partial charge in [-0.3, -0.25) is 4.79 Å². The van der Waals surface area contributed by atoms with E-state index in [9.17, 15) is 4.79 Å². The molecule has 1 aromatic rings. The van der Waals surface area contributed by atoms with Gasteiger partial charge < -0.3 is 10.5 Å². The van der Waals surface area contributed by atoms with Gasteiger partial charge in [0.15, 0.2) is 0 Å². The van der Waals surface area contributed by atoms with E-state index in [1.165, 1.54) is 5.56 Å². The normalized spacial score (nSPS) is 13.1. The predicted octanol–water partition coefficient (Wildman–Crippen LogP) is 2.85. The second kappa shape index (κ2) is 6.55. The molecule has 0 spiro atoms. The smallest absolute Gasteiger partial charge is 0.306 e. The lowest BCUT2D eigenvalue weighted by Gasteiger charge is -2.20. The van der Waals surface area contributed by atoms with E-state index in [2.05, 4.69) is 0 Å². The Morgan fingerprint density at radius 2 is 1.89 bits per heavy atom. The topological polar surface area (TPSA) is 52.3 Å². The molecule has 1 atom stereocenters. The summed E-state index contributed by atoms with van der Waals surface area (Å²) in [5.41, 5.74) is 6.54. The molecule has 0 saturated heterocycles. The molecule has 1 rings (SSSR count). The lowest BCUT2D eigenvalue weighted by molar-refractivity contribution is -0.155. The van der Waals surface area contributed by atoms with E-state index in [4.69, 9.17) is 10.5 Å². The van der Waals surface area contributed by atoms with Gasteiger partial charge in [-0.25, -0.2) is 0 Å². The number of rotatable bonds is 5. The number of esters is 1. The molecular formula is C15H23NO2. The van der Waals surface area contributed by atoms with Crippen molar-refractivity contribution in [3.8, 4) is 0 Å². The maximum absolute atomic E-state index is 11.6. The van der Waals surface area contributed by atoms with Gasteiger partial charge in [0.25, 0.3) is 0 Å². The number of carbonyl (C=O) groups excluding carboxylic acids is 1. The molecule has 0 amide bonds. The zero-order valence-electron chi connectivity index (χ0n) is 11.5. The summed E-state index contributed by atoms with van der Waals surface area (Å²) in [6.45, 7) is 6.18. The van der Waals surface area contributed by atoms with E-state index in [-0.39, 0.29) is 11.9 Å². The van der Waals surface area contributed by atoms with Crippen LogP contribution in [0.5, 0.6) is 0 Å². The highest BCUT2D eigenvalue weighted by Crippen LogP contribution is 2.20. The fourth-order valence-corrected chi connectivity index (χ4v) is 1.83. The van der Waals surface area contributed by atoms with Gasteiger partial charge in [0.05, 0.1) is 0 Å². The van der Waals surface area contributed by atoms with Crippen LogP contribution < -0.4 is 5.73 Å². The molecule has 0 radical (unpaired) electrons. The molecule has 0 saturated carbocycles. The number of carbonyl (C=O) groups is 1. The summed E-state index contributed by atoms with van der Waals surface area (Å²) in [6, 6.07) is 10.1. The van der Waals surface area contributed by atoms with E-state index >= 15 is 0 Å². The van der Waals surface area contributed by atoms with Crippen molar-refractivity contribution in [3.63, 3.8) is 0 Å². The van der Waals surface area contributed by atoms with Gasteiger partial charge in [-0.2, -0.15) is 0 Å². The van der Waals surface area contributed by atoms with Crippen molar-refractivity contribution in [3.05, 3.63) is 35.9 Å². The molecule has 18 heavy (non-hydrogen) atoms. The van der Waals surface area contributed by atoms with E-state index in [1.54, 1.807) is 0 Å². The highest BCUT2D eigenvalue weighted by atomic mass is 16.6. The summed E-state index contributed by atoms with van der Waals surface area (Å²) in [5, 5.41) is 0. The molecular weight excluding hydrogens is 226 g/mol. The van der Waals surface area contributed by atoms with Gasteiger partial charge in [0, 0.05) is 6.42 Å². The summed E-state index contributed by atoms with van der Waals surface area (Å²) in [5.74, 6) is 0.0654. The first kappa shape index (κ1) is 14.7. The third kappa shape index (κ3) is 5.32. The van der Waals surface area contributed by atoms with Crippen LogP contribution in [0.2, 0.25) is 0 Å². The van der Waals surface area contributed by atoms with Gasteiger partial charge >= 0.3 is 5.97 Å². The first-order valence-corrected chi connectivity index (χ1v) is 6.39. The molecule has 1 aromatic carbocycles. The minimum atomic E-state index is -0.415. The second-order valence-electron chi connectivity index (χ2n) is 5.47. The molecule has 1 unspecified atom stereocenters. The molecule has 0 bridgehead atoms. The van der Waals surface area contributed by atoms with E-state index in [0.717, 1.165) is 6.42 Å². The van der Waals surface area contributed by atoms with Gasteiger partial charge in [-0.1, -0.05) is 30.3 Å². The fraction of sp³-hybridized carbons (Fsp3) is 0.533. The van der Waals surface area contributed by atoms with Crippen molar-refractivity contribution in [2.24, 2.45) is 5.73 Å². The van der Waals surface area contributed by atoms with Crippen molar-refractivity contribution >= 4 is 5.97 Å². The van der Waals surface area contributed by atoms with Crippen LogP contribution in [-0.4, -0.2) is 18.1 Å². The lowest BCUT2D eigenvalue weighted by Crippen LogP contribution is -2.24. The maximum atomic E-state index is 11.6. The van der Waals surface area contributed by atoms with Crippen LogP contribution in [0.1, 0.15) is 45.1 Å². The van der Waals surface area contributed by atoms with Crippen LogP contribution >= 0.6 is 0 Å². The van der Waals surface area contributed by atoms with Gasteiger partial charge in [-0.15, -0.1) is 0 Å². The molecule has 0 aliphatic rings. The number of benzene rings is 1. The second-order valence-corrected chi connectivity index (χ2v) is 5.47. The third-order valence-electron chi connectivity index (χ3n) is 2.67. The molecule has 0 fully saturated rings. The molecule has 0 aliphatic heterocycles. The first-order valence-electron chi connectivity index (χ1n) is 6.39. The SMILES string of the molecule is CC(C)(C)OC(=O)CCC(CN)c1ccccc1. The average Bonchev–Trinajstić information content (AvgIpc) is 2.29.